The molecule has 0 aliphatic carbocycles. The normalized spacial score (nSPS) is 11.5. The smallest absolute Gasteiger partial charge is 0.00263 e. The van der Waals surface area contributed by atoms with Crippen molar-refractivity contribution < 1.29 is 0 Å². The Bertz CT molecular complexity index is 2590. The van der Waals surface area contributed by atoms with Crippen LogP contribution in [-0.4, -0.2) is 0 Å². The zero-order valence-corrected chi connectivity index (χ0v) is 26.2. The highest BCUT2D eigenvalue weighted by molar-refractivity contribution is 6.21. The third kappa shape index (κ3) is 4.61. The average molecular weight is 597 g/mol. The zero-order valence-electron chi connectivity index (χ0n) is 26.2. The predicted octanol–water partition coefficient (Wildman–Crippen LogP) is 13.3. The Balaban J connectivity index is 1.21. The summed E-state index contributed by atoms with van der Waals surface area (Å²) < 4.78 is 0. The first kappa shape index (κ1) is 27.3. The molecular weight excluding hydrogens is 565 g/mol. The van der Waals surface area contributed by atoms with Crippen molar-refractivity contribution in [2.24, 2.45) is 0 Å². The number of hydrogen-bond acceptors (Lipinski definition) is 0. The molecule has 9 aromatic carbocycles. The lowest BCUT2D eigenvalue weighted by atomic mass is 9.84. The number of fused-ring (bicyclic) bond motifs is 4. The fourth-order valence-corrected chi connectivity index (χ4v) is 7.50. The first-order valence-corrected chi connectivity index (χ1v) is 16.4. The van der Waals surface area contributed by atoms with E-state index in [0.29, 0.717) is 0 Å². The molecule has 0 unspecified atom stereocenters. The Morgan fingerprint density at radius 2 is 0.660 bits per heavy atom. The molecule has 0 fully saturated rings. The molecule has 0 aromatic heterocycles. The first-order chi connectivity index (χ1) is 23.2. The van der Waals surface area contributed by atoms with Crippen LogP contribution < -0.4 is 0 Å². The van der Waals surface area contributed by atoms with Crippen LogP contribution in [0.3, 0.4) is 0 Å². The van der Waals surface area contributed by atoms with Crippen LogP contribution in [-0.2, 0) is 0 Å². The number of aryl methyl sites for hydroxylation is 1. The molecule has 0 nitrogen and oxygen atoms in total. The van der Waals surface area contributed by atoms with Crippen LogP contribution in [0.2, 0.25) is 0 Å². The molecule has 0 N–H and O–H groups in total. The topological polar surface area (TPSA) is 0 Å². The van der Waals surface area contributed by atoms with Crippen LogP contribution in [0, 0.1) is 6.92 Å². The van der Waals surface area contributed by atoms with Gasteiger partial charge in [0.15, 0.2) is 0 Å². The second kappa shape index (κ2) is 11.1. The maximum Gasteiger partial charge on any atom is -0.00263 e. The molecule has 220 valence electrons. The third-order valence-electron chi connectivity index (χ3n) is 9.73. The SMILES string of the molecule is Cc1ccc2c(-c3ccc(-c4cccc5ccccc45)cc3)c3ccccc3c(-c3ccc(-c4cccc5ccccc45)cc3)c2c1. The van der Waals surface area contributed by atoms with Gasteiger partial charge in [0.2, 0.25) is 0 Å². The Hall–Kier alpha value is -5.98. The minimum Gasteiger partial charge on any atom is -0.0616 e. The lowest BCUT2D eigenvalue weighted by Crippen LogP contribution is -1.92. The minimum absolute atomic E-state index is 1.23. The van der Waals surface area contributed by atoms with E-state index >= 15 is 0 Å². The summed E-state index contributed by atoms with van der Waals surface area (Å²) >= 11 is 0. The molecule has 0 atom stereocenters. The first-order valence-electron chi connectivity index (χ1n) is 16.4. The van der Waals surface area contributed by atoms with Crippen LogP contribution in [0.1, 0.15) is 5.56 Å². The predicted molar refractivity (Wildman–Crippen MR) is 203 cm³/mol. The Labute approximate surface area is 275 Å². The summed E-state index contributed by atoms with van der Waals surface area (Å²) in [7, 11) is 0. The monoisotopic (exact) mass is 596 g/mol. The van der Waals surface area contributed by atoms with E-state index < -0.39 is 0 Å². The fraction of sp³-hybridized carbons (Fsp3) is 0.0213. The summed E-state index contributed by atoms with van der Waals surface area (Å²) in [6, 6.07) is 64.6. The van der Waals surface area contributed by atoms with E-state index in [0.717, 1.165) is 0 Å². The summed E-state index contributed by atoms with van der Waals surface area (Å²) in [6.45, 7) is 2.20. The van der Waals surface area contributed by atoms with E-state index in [2.05, 4.69) is 183 Å². The van der Waals surface area contributed by atoms with E-state index in [1.165, 1.54) is 93.2 Å². The molecule has 0 heteroatoms. The second-order valence-corrected chi connectivity index (χ2v) is 12.6. The summed E-state index contributed by atoms with van der Waals surface area (Å²) in [5.74, 6) is 0. The lowest BCUT2D eigenvalue weighted by Gasteiger charge is -2.19. The Kier molecular flexibility index (Phi) is 6.47. The van der Waals surface area contributed by atoms with Gasteiger partial charge in [-0.05, 0) is 94.5 Å². The minimum atomic E-state index is 1.23. The van der Waals surface area contributed by atoms with Crippen molar-refractivity contribution in [2.45, 2.75) is 6.92 Å². The zero-order chi connectivity index (χ0) is 31.3. The molecule has 47 heavy (non-hydrogen) atoms. The molecule has 0 saturated carbocycles. The summed E-state index contributed by atoms with van der Waals surface area (Å²) in [5, 5.41) is 10.2. The van der Waals surface area contributed by atoms with Gasteiger partial charge < -0.3 is 0 Å². The maximum absolute atomic E-state index is 2.36. The van der Waals surface area contributed by atoms with Gasteiger partial charge in [0.25, 0.3) is 0 Å². The van der Waals surface area contributed by atoms with Crippen LogP contribution in [0.4, 0.5) is 0 Å². The van der Waals surface area contributed by atoms with Gasteiger partial charge in [-0.15, -0.1) is 0 Å². The highest BCUT2D eigenvalue weighted by Crippen LogP contribution is 2.45. The number of rotatable bonds is 4. The van der Waals surface area contributed by atoms with Crippen LogP contribution in [0.5, 0.6) is 0 Å². The molecule has 0 heterocycles. The molecule has 0 bridgehead atoms. The van der Waals surface area contributed by atoms with Gasteiger partial charge in [0.1, 0.15) is 0 Å². The van der Waals surface area contributed by atoms with Crippen LogP contribution in [0.25, 0.3) is 87.6 Å². The largest absolute Gasteiger partial charge is 0.0616 e. The highest BCUT2D eigenvalue weighted by atomic mass is 14.2. The Morgan fingerprint density at radius 1 is 0.277 bits per heavy atom. The second-order valence-electron chi connectivity index (χ2n) is 12.6. The van der Waals surface area contributed by atoms with Crippen molar-refractivity contribution in [3.05, 3.63) is 181 Å². The van der Waals surface area contributed by atoms with E-state index in [4.69, 9.17) is 0 Å². The van der Waals surface area contributed by atoms with Gasteiger partial charge in [-0.25, -0.2) is 0 Å². The van der Waals surface area contributed by atoms with E-state index in [-0.39, 0.29) is 0 Å². The molecule has 0 saturated heterocycles. The lowest BCUT2D eigenvalue weighted by molar-refractivity contribution is 1.51. The van der Waals surface area contributed by atoms with Crippen molar-refractivity contribution in [2.75, 3.05) is 0 Å². The maximum atomic E-state index is 2.36. The molecular formula is C47H32. The number of hydrogen-bond donors (Lipinski definition) is 0. The van der Waals surface area contributed by atoms with E-state index in [1.54, 1.807) is 0 Å². The Morgan fingerprint density at radius 3 is 1.17 bits per heavy atom. The molecule has 9 aromatic rings. The van der Waals surface area contributed by atoms with Gasteiger partial charge in [-0.3, -0.25) is 0 Å². The standard InChI is InChI=1S/C47H32/c1-31-20-29-44-45(30-31)47(37-27-23-35(24-28-37)41-19-9-13-33-11-3-5-15-39(33)41)43-17-7-6-16-42(43)46(44)36-25-21-34(22-26-36)40-18-8-12-32-10-2-4-14-38(32)40/h2-30H,1H3. The molecule has 0 radical (unpaired) electrons. The summed E-state index contributed by atoms with van der Waals surface area (Å²) in [6.07, 6.45) is 0. The van der Waals surface area contributed by atoms with Gasteiger partial charge in [-0.1, -0.05) is 181 Å². The van der Waals surface area contributed by atoms with Gasteiger partial charge in [0.05, 0.1) is 0 Å². The quantitative estimate of drug-likeness (QED) is 0.177. The molecule has 0 spiro atoms. The number of benzene rings is 9. The van der Waals surface area contributed by atoms with E-state index in [1.807, 2.05) is 0 Å². The average Bonchev–Trinajstić information content (AvgIpc) is 3.13. The van der Waals surface area contributed by atoms with Crippen molar-refractivity contribution in [3.8, 4) is 44.5 Å². The molecule has 0 amide bonds. The van der Waals surface area contributed by atoms with Crippen LogP contribution in [0.15, 0.2) is 176 Å². The molecule has 0 aliphatic heterocycles. The molecule has 9 rings (SSSR count). The van der Waals surface area contributed by atoms with Crippen molar-refractivity contribution in [1.29, 1.82) is 0 Å². The van der Waals surface area contributed by atoms with E-state index in [9.17, 15) is 0 Å². The van der Waals surface area contributed by atoms with Gasteiger partial charge >= 0.3 is 0 Å². The van der Waals surface area contributed by atoms with Crippen LogP contribution >= 0.6 is 0 Å². The third-order valence-corrected chi connectivity index (χ3v) is 9.73. The van der Waals surface area contributed by atoms with Crippen molar-refractivity contribution in [3.63, 3.8) is 0 Å². The van der Waals surface area contributed by atoms with Crippen molar-refractivity contribution in [1.82, 2.24) is 0 Å². The fourth-order valence-electron chi connectivity index (χ4n) is 7.50. The van der Waals surface area contributed by atoms with Gasteiger partial charge in [0, 0.05) is 0 Å². The highest BCUT2D eigenvalue weighted by Gasteiger charge is 2.17. The summed E-state index contributed by atoms with van der Waals surface area (Å²) in [5.41, 5.74) is 11.3. The van der Waals surface area contributed by atoms with Gasteiger partial charge in [-0.2, -0.15) is 0 Å². The molecule has 0 aliphatic rings. The van der Waals surface area contributed by atoms with Crippen molar-refractivity contribution >= 4 is 43.1 Å². The summed E-state index contributed by atoms with van der Waals surface area (Å²) in [4.78, 5) is 0.